The average Bonchev–Trinajstić information content (AvgIpc) is 3.48. The highest BCUT2D eigenvalue weighted by Crippen LogP contribution is 2.32. The van der Waals surface area contributed by atoms with E-state index in [1.165, 1.54) is 31.2 Å². The van der Waals surface area contributed by atoms with Gasteiger partial charge in [0.1, 0.15) is 0 Å². The van der Waals surface area contributed by atoms with Crippen LogP contribution in [0.3, 0.4) is 0 Å². The molecule has 0 bridgehead atoms. The summed E-state index contributed by atoms with van der Waals surface area (Å²) in [6, 6.07) is 8.10. The van der Waals surface area contributed by atoms with Gasteiger partial charge in [-0.3, -0.25) is 14.5 Å². The molecule has 31 heavy (non-hydrogen) atoms. The first-order valence-corrected chi connectivity index (χ1v) is 12.3. The lowest BCUT2D eigenvalue weighted by Crippen LogP contribution is -2.58. The smallest absolute Gasteiger partial charge is 0.253 e. The number of amides is 2. The summed E-state index contributed by atoms with van der Waals surface area (Å²) in [5, 5.41) is 0. The number of hydrogen-bond acceptors (Lipinski definition) is 3. The van der Waals surface area contributed by atoms with Gasteiger partial charge < -0.3 is 9.80 Å². The Bertz CT molecular complexity index is 763. The van der Waals surface area contributed by atoms with Crippen molar-refractivity contribution >= 4 is 11.8 Å². The topological polar surface area (TPSA) is 43.9 Å². The van der Waals surface area contributed by atoms with E-state index in [2.05, 4.69) is 42.7 Å². The lowest BCUT2D eigenvalue weighted by atomic mass is 9.86. The summed E-state index contributed by atoms with van der Waals surface area (Å²) in [5.41, 5.74) is 2.10. The Kier molecular flexibility index (Phi) is 6.71. The minimum Gasteiger partial charge on any atom is -0.341 e. The maximum Gasteiger partial charge on any atom is 0.253 e. The van der Waals surface area contributed by atoms with Crippen molar-refractivity contribution in [2.75, 3.05) is 39.3 Å². The Morgan fingerprint density at radius 2 is 1.39 bits per heavy atom. The third-order valence-electron chi connectivity index (χ3n) is 7.51. The second kappa shape index (κ2) is 9.32. The molecule has 5 heteroatoms. The van der Waals surface area contributed by atoms with E-state index < -0.39 is 0 Å². The lowest BCUT2D eigenvalue weighted by molar-refractivity contribution is -0.138. The summed E-state index contributed by atoms with van der Waals surface area (Å²) >= 11 is 0. The maximum absolute atomic E-state index is 13.4. The van der Waals surface area contributed by atoms with E-state index in [4.69, 9.17) is 0 Å². The number of rotatable bonds is 4. The minimum absolute atomic E-state index is 0.0175. The van der Waals surface area contributed by atoms with Crippen molar-refractivity contribution in [3.63, 3.8) is 0 Å². The molecule has 5 nitrogen and oxygen atoms in total. The van der Waals surface area contributed by atoms with E-state index in [0.29, 0.717) is 24.9 Å². The molecule has 0 aromatic heterocycles. The number of nitrogens with zero attached hydrogens (tertiary/aromatic N) is 3. The van der Waals surface area contributed by atoms with Gasteiger partial charge in [-0.25, -0.2) is 0 Å². The molecular weight excluding hydrogens is 386 g/mol. The van der Waals surface area contributed by atoms with Gasteiger partial charge in [0.15, 0.2) is 0 Å². The van der Waals surface area contributed by atoms with Crippen molar-refractivity contribution in [3.05, 3.63) is 35.4 Å². The molecule has 1 aromatic rings. The molecule has 1 atom stereocenters. The van der Waals surface area contributed by atoms with Crippen LogP contribution in [0.25, 0.3) is 0 Å². The van der Waals surface area contributed by atoms with Crippen LogP contribution in [0.2, 0.25) is 0 Å². The average molecular weight is 426 g/mol. The largest absolute Gasteiger partial charge is 0.341 e. The second-order valence-electron chi connectivity index (χ2n) is 10.7. The standard InChI is InChI=1S/C26H39N3O2/c1-26(2,3)22-12-10-21(11-13-22)24(30)29-18-16-27(17-19-29)23(20-8-4-5-9-20)25(31)28-14-6-7-15-28/h10-13,20,23H,4-9,14-19H2,1-3H3. The van der Waals surface area contributed by atoms with Crippen LogP contribution in [-0.2, 0) is 10.2 Å². The Hall–Kier alpha value is -1.88. The molecule has 1 saturated carbocycles. The molecular formula is C26H39N3O2. The molecule has 0 N–H and O–H groups in total. The van der Waals surface area contributed by atoms with Crippen LogP contribution < -0.4 is 0 Å². The van der Waals surface area contributed by atoms with Crippen molar-refractivity contribution in [2.24, 2.45) is 5.92 Å². The molecule has 2 amide bonds. The number of carbonyl (C=O) groups excluding carboxylic acids is 2. The number of benzene rings is 1. The number of likely N-dealkylation sites (tertiary alicyclic amines) is 1. The first kappa shape index (κ1) is 22.3. The third-order valence-corrected chi connectivity index (χ3v) is 7.51. The van der Waals surface area contributed by atoms with E-state index in [1.807, 2.05) is 17.0 Å². The van der Waals surface area contributed by atoms with Gasteiger partial charge in [-0.2, -0.15) is 0 Å². The highest BCUT2D eigenvalue weighted by molar-refractivity contribution is 5.94. The fraction of sp³-hybridized carbons (Fsp3) is 0.692. The summed E-state index contributed by atoms with van der Waals surface area (Å²) in [7, 11) is 0. The van der Waals surface area contributed by atoms with E-state index in [9.17, 15) is 9.59 Å². The van der Waals surface area contributed by atoms with Crippen LogP contribution in [0.5, 0.6) is 0 Å². The van der Waals surface area contributed by atoms with E-state index in [1.54, 1.807) is 0 Å². The molecule has 2 saturated heterocycles. The summed E-state index contributed by atoms with van der Waals surface area (Å²) in [6.07, 6.45) is 7.11. The van der Waals surface area contributed by atoms with Crippen LogP contribution in [0.4, 0.5) is 0 Å². The molecule has 170 valence electrons. The molecule has 0 radical (unpaired) electrons. The molecule has 4 rings (SSSR count). The summed E-state index contributed by atoms with van der Waals surface area (Å²) in [6.45, 7) is 11.4. The van der Waals surface area contributed by atoms with E-state index in [-0.39, 0.29) is 17.4 Å². The molecule has 3 fully saturated rings. The van der Waals surface area contributed by atoms with Gasteiger partial charge in [-0.05, 0) is 54.7 Å². The predicted octanol–water partition coefficient (Wildman–Crippen LogP) is 3.92. The first-order valence-electron chi connectivity index (χ1n) is 12.3. The third kappa shape index (κ3) is 4.97. The monoisotopic (exact) mass is 425 g/mol. The highest BCUT2D eigenvalue weighted by Gasteiger charge is 2.39. The number of carbonyl (C=O) groups is 2. The molecule has 1 aromatic carbocycles. The van der Waals surface area contributed by atoms with Gasteiger partial charge in [0.2, 0.25) is 5.91 Å². The minimum atomic E-state index is 0.0175. The van der Waals surface area contributed by atoms with Crippen LogP contribution in [0.1, 0.15) is 75.2 Å². The Morgan fingerprint density at radius 3 is 1.94 bits per heavy atom. The van der Waals surface area contributed by atoms with Crippen LogP contribution in [-0.4, -0.2) is 71.8 Å². The maximum atomic E-state index is 13.4. The van der Waals surface area contributed by atoms with Crippen LogP contribution in [0.15, 0.2) is 24.3 Å². The zero-order chi connectivity index (χ0) is 22.0. The molecule has 0 spiro atoms. The molecule has 1 aliphatic carbocycles. The summed E-state index contributed by atoms with van der Waals surface area (Å²) in [5.74, 6) is 0.950. The Morgan fingerprint density at radius 1 is 0.806 bits per heavy atom. The molecule has 3 aliphatic rings. The van der Waals surface area contributed by atoms with Gasteiger partial charge in [0.05, 0.1) is 6.04 Å². The molecule has 1 unspecified atom stereocenters. The number of hydrogen-bond donors (Lipinski definition) is 0. The van der Waals surface area contributed by atoms with Gasteiger partial charge >= 0.3 is 0 Å². The fourth-order valence-corrected chi connectivity index (χ4v) is 5.55. The fourth-order valence-electron chi connectivity index (χ4n) is 5.55. The number of piperazine rings is 1. The van der Waals surface area contributed by atoms with Crippen molar-refractivity contribution in [3.8, 4) is 0 Å². The first-order chi connectivity index (χ1) is 14.8. The second-order valence-corrected chi connectivity index (χ2v) is 10.7. The SMILES string of the molecule is CC(C)(C)c1ccc(C(=O)N2CCN(C(C(=O)N3CCCC3)C3CCCC3)CC2)cc1. The summed E-state index contributed by atoms with van der Waals surface area (Å²) < 4.78 is 0. The van der Waals surface area contributed by atoms with Crippen LogP contribution >= 0.6 is 0 Å². The van der Waals surface area contributed by atoms with Crippen molar-refractivity contribution in [1.29, 1.82) is 0 Å². The lowest BCUT2D eigenvalue weighted by Gasteiger charge is -2.42. The van der Waals surface area contributed by atoms with Crippen molar-refractivity contribution < 1.29 is 9.59 Å². The van der Waals surface area contributed by atoms with E-state index >= 15 is 0 Å². The van der Waals surface area contributed by atoms with E-state index in [0.717, 1.165) is 44.6 Å². The highest BCUT2D eigenvalue weighted by atomic mass is 16.2. The quantitative estimate of drug-likeness (QED) is 0.734. The van der Waals surface area contributed by atoms with Gasteiger partial charge in [-0.15, -0.1) is 0 Å². The zero-order valence-corrected chi connectivity index (χ0v) is 19.6. The van der Waals surface area contributed by atoms with Crippen LogP contribution in [0, 0.1) is 5.92 Å². The molecule has 2 aliphatic heterocycles. The van der Waals surface area contributed by atoms with Gasteiger partial charge in [0.25, 0.3) is 5.91 Å². The van der Waals surface area contributed by atoms with Gasteiger partial charge in [-0.1, -0.05) is 45.7 Å². The normalized spacial score (nSPS) is 22.2. The van der Waals surface area contributed by atoms with Crippen molar-refractivity contribution in [1.82, 2.24) is 14.7 Å². The Labute approximate surface area is 187 Å². The van der Waals surface area contributed by atoms with Gasteiger partial charge in [0, 0.05) is 44.8 Å². The summed E-state index contributed by atoms with van der Waals surface area (Å²) in [4.78, 5) is 32.9. The predicted molar refractivity (Wildman–Crippen MR) is 124 cm³/mol. The van der Waals surface area contributed by atoms with Crippen molar-refractivity contribution in [2.45, 2.75) is 70.8 Å². The molecule has 2 heterocycles. The Balaban J connectivity index is 1.40. The zero-order valence-electron chi connectivity index (χ0n) is 19.6.